The Hall–Kier alpha value is -1.14. The molecule has 2 aromatic carbocycles. The number of hydrogen-bond donors (Lipinski definition) is 3. The SMILES string of the molecule is CC(C)(C)OC(O)N[C@H](c1ccc(Cl)cc1)[C@@H](O)c1cccc(Cl)c1. The van der Waals surface area contributed by atoms with Gasteiger partial charge >= 0.3 is 0 Å². The predicted molar refractivity (Wildman–Crippen MR) is 101 cm³/mol. The Morgan fingerprint density at radius 2 is 1.56 bits per heavy atom. The molecular formula is C19H23Cl2NO3. The highest BCUT2D eigenvalue weighted by Crippen LogP contribution is 2.31. The van der Waals surface area contributed by atoms with Crippen LogP contribution in [0.5, 0.6) is 0 Å². The third kappa shape index (κ3) is 6.26. The molecule has 0 bridgehead atoms. The van der Waals surface area contributed by atoms with Gasteiger partial charge in [-0.3, -0.25) is 5.32 Å². The third-order valence-corrected chi connectivity index (χ3v) is 4.01. The Morgan fingerprint density at radius 1 is 0.920 bits per heavy atom. The Balaban J connectivity index is 2.29. The van der Waals surface area contributed by atoms with Crippen LogP contribution < -0.4 is 5.32 Å². The summed E-state index contributed by atoms with van der Waals surface area (Å²) in [6.45, 7) is 5.51. The number of nitrogens with one attached hydrogen (secondary N) is 1. The van der Waals surface area contributed by atoms with Crippen molar-refractivity contribution in [3.05, 3.63) is 69.7 Å². The lowest BCUT2D eigenvalue weighted by Gasteiger charge is -2.31. The summed E-state index contributed by atoms with van der Waals surface area (Å²) < 4.78 is 5.50. The van der Waals surface area contributed by atoms with Gasteiger partial charge < -0.3 is 14.9 Å². The molecule has 0 aliphatic carbocycles. The summed E-state index contributed by atoms with van der Waals surface area (Å²) in [5.74, 6) is 0. The first-order valence-electron chi connectivity index (χ1n) is 7.96. The van der Waals surface area contributed by atoms with E-state index in [0.717, 1.165) is 5.56 Å². The molecule has 0 radical (unpaired) electrons. The Bertz CT molecular complexity index is 686. The first-order chi connectivity index (χ1) is 11.7. The van der Waals surface area contributed by atoms with E-state index in [1.54, 1.807) is 48.5 Å². The number of aliphatic hydroxyl groups excluding tert-OH is 2. The number of halogens is 2. The summed E-state index contributed by atoms with van der Waals surface area (Å²) in [7, 11) is 0. The first kappa shape index (κ1) is 20.2. The Kier molecular flexibility index (Phi) is 6.86. The molecule has 4 nitrogen and oxygen atoms in total. The van der Waals surface area contributed by atoms with Crippen molar-refractivity contribution >= 4 is 23.2 Å². The molecule has 0 spiro atoms. The number of hydrogen-bond acceptors (Lipinski definition) is 4. The van der Waals surface area contributed by atoms with Gasteiger partial charge in [-0.05, 0) is 56.2 Å². The summed E-state index contributed by atoms with van der Waals surface area (Å²) >= 11 is 12.0. The van der Waals surface area contributed by atoms with Crippen LogP contribution in [0.3, 0.4) is 0 Å². The maximum absolute atomic E-state index is 10.9. The standard InChI is InChI=1S/C19H23Cl2NO3/c1-19(2,3)25-18(24)22-16(12-7-9-14(20)10-8-12)17(23)13-5-4-6-15(21)11-13/h4-11,16-18,22-24H,1-3H3/t16-,17+,18?/m1/s1. The average Bonchev–Trinajstić information content (AvgIpc) is 2.51. The van der Waals surface area contributed by atoms with Gasteiger partial charge in [0, 0.05) is 10.0 Å². The van der Waals surface area contributed by atoms with Gasteiger partial charge in [0.05, 0.1) is 17.7 Å². The van der Waals surface area contributed by atoms with Gasteiger partial charge in [-0.15, -0.1) is 0 Å². The van der Waals surface area contributed by atoms with Crippen molar-refractivity contribution in [2.45, 2.75) is 44.9 Å². The van der Waals surface area contributed by atoms with Crippen molar-refractivity contribution < 1.29 is 14.9 Å². The van der Waals surface area contributed by atoms with E-state index in [2.05, 4.69) is 5.32 Å². The van der Waals surface area contributed by atoms with Crippen LogP contribution in [0.4, 0.5) is 0 Å². The second kappa shape index (κ2) is 8.49. The maximum atomic E-state index is 10.9. The van der Waals surface area contributed by atoms with Crippen molar-refractivity contribution in [1.82, 2.24) is 5.32 Å². The molecule has 0 saturated heterocycles. The van der Waals surface area contributed by atoms with Gasteiger partial charge in [-0.2, -0.15) is 0 Å². The lowest BCUT2D eigenvalue weighted by atomic mass is 9.96. The second-order valence-electron chi connectivity index (χ2n) is 6.78. The molecule has 2 rings (SSSR count). The lowest BCUT2D eigenvalue weighted by molar-refractivity contribution is -0.189. The molecule has 0 fully saturated rings. The fraction of sp³-hybridized carbons (Fsp3) is 0.368. The Labute approximate surface area is 158 Å². The summed E-state index contributed by atoms with van der Waals surface area (Å²) in [4.78, 5) is 0. The quantitative estimate of drug-likeness (QED) is 0.644. The van der Waals surface area contributed by atoms with Crippen molar-refractivity contribution in [3.8, 4) is 0 Å². The third-order valence-electron chi connectivity index (χ3n) is 3.52. The molecule has 3 atom stereocenters. The molecule has 136 valence electrons. The van der Waals surface area contributed by atoms with E-state index in [-0.39, 0.29) is 0 Å². The molecule has 0 aromatic heterocycles. The van der Waals surface area contributed by atoms with Crippen LogP contribution in [0.15, 0.2) is 48.5 Å². The van der Waals surface area contributed by atoms with Crippen molar-refractivity contribution in [3.63, 3.8) is 0 Å². The van der Waals surface area contributed by atoms with Crippen LogP contribution in [-0.4, -0.2) is 22.2 Å². The topological polar surface area (TPSA) is 61.7 Å². The molecule has 0 saturated carbocycles. The van der Waals surface area contributed by atoms with E-state index in [9.17, 15) is 10.2 Å². The molecule has 3 N–H and O–H groups in total. The van der Waals surface area contributed by atoms with Crippen LogP contribution in [0.1, 0.15) is 44.0 Å². The highest BCUT2D eigenvalue weighted by atomic mass is 35.5. The number of aliphatic hydroxyl groups is 2. The van der Waals surface area contributed by atoms with E-state index in [4.69, 9.17) is 27.9 Å². The number of ether oxygens (including phenoxy) is 1. The average molecular weight is 384 g/mol. The van der Waals surface area contributed by atoms with E-state index in [1.165, 1.54) is 0 Å². The maximum Gasteiger partial charge on any atom is 0.214 e. The molecule has 6 heteroatoms. The lowest BCUT2D eigenvalue weighted by Crippen LogP contribution is -2.41. The van der Waals surface area contributed by atoms with Gasteiger partial charge in [0.1, 0.15) is 0 Å². The molecule has 0 aliphatic rings. The van der Waals surface area contributed by atoms with Crippen LogP contribution in [0, 0.1) is 0 Å². The van der Waals surface area contributed by atoms with Crippen LogP contribution in [-0.2, 0) is 4.74 Å². The van der Waals surface area contributed by atoms with Gasteiger partial charge in [0.15, 0.2) is 0 Å². The van der Waals surface area contributed by atoms with E-state index >= 15 is 0 Å². The molecule has 25 heavy (non-hydrogen) atoms. The van der Waals surface area contributed by atoms with Gasteiger partial charge in [0.2, 0.25) is 6.41 Å². The largest absolute Gasteiger partial charge is 0.386 e. The molecule has 1 unspecified atom stereocenters. The minimum Gasteiger partial charge on any atom is -0.386 e. The minimum atomic E-state index is -1.26. The van der Waals surface area contributed by atoms with Gasteiger partial charge in [-0.25, -0.2) is 0 Å². The highest BCUT2D eigenvalue weighted by Gasteiger charge is 2.27. The Morgan fingerprint density at radius 3 is 2.12 bits per heavy atom. The highest BCUT2D eigenvalue weighted by molar-refractivity contribution is 6.30. The molecule has 0 heterocycles. The summed E-state index contributed by atoms with van der Waals surface area (Å²) in [6.07, 6.45) is -2.20. The molecule has 2 aromatic rings. The fourth-order valence-electron chi connectivity index (χ4n) is 2.45. The molecule has 0 amide bonds. The fourth-order valence-corrected chi connectivity index (χ4v) is 2.77. The van der Waals surface area contributed by atoms with Gasteiger partial charge in [0.25, 0.3) is 0 Å². The van der Waals surface area contributed by atoms with Crippen LogP contribution in [0.2, 0.25) is 10.0 Å². The van der Waals surface area contributed by atoms with Crippen molar-refractivity contribution in [2.75, 3.05) is 0 Å². The summed E-state index contributed by atoms with van der Waals surface area (Å²) in [5.41, 5.74) is 0.842. The monoisotopic (exact) mass is 383 g/mol. The van der Waals surface area contributed by atoms with Gasteiger partial charge in [-0.1, -0.05) is 47.5 Å². The summed E-state index contributed by atoms with van der Waals surface area (Å²) in [5, 5.41) is 25.1. The van der Waals surface area contributed by atoms with E-state index < -0.39 is 24.2 Å². The van der Waals surface area contributed by atoms with Crippen LogP contribution >= 0.6 is 23.2 Å². The van der Waals surface area contributed by atoms with Crippen molar-refractivity contribution in [1.29, 1.82) is 0 Å². The van der Waals surface area contributed by atoms with Crippen molar-refractivity contribution in [2.24, 2.45) is 0 Å². The molecule has 0 aliphatic heterocycles. The number of rotatable bonds is 6. The molecular weight excluding hydrogens is 361 g/mol. The van der Waals surface area contributed by atoms with E-state index in [0.29, 0.717) is 15.6 Å². The zero-order valence-corrected chi connectivity index (χ0v) is 15.9. The van der Waals surface area contributed by atoms with E-state index in [1.807, 2.05) is 20.8 Å². The second-order valence-corrected chi connectivity index (χ2v) is 7.65. The first-order valence-corrected chi connectivity index (χ1v) is 8.72. The zero-order valence-electron chi connectivity index (χ0n) is 14.4. The normalized spacial score (nSPS) is 15.6. The van der Waals surface area contributed by atoms with Crippen LogP contribution in [0.25, 0.3) is 0 Å². The number of benzene rings is 2. The minimum absolute atomic E-state index is 0.526. The zero-order chi connectivity index (χ0) is 18.6. The predicted octanol–water partition coefficient (Wildman–Crippen LogP) is 4.45. The summed E-state index contributed by atoms with van der Waals surface area (Å²) in [6, 6.07) is 13.4. The smallest absolute Gasteiger partial charge is 0.214 e.